The van der Waals surface area contributed by atoms with Crippen molar-refractivity contribution >= 4 is 0 Å². The summed E-state index contributed by atoms with van der Waals surface area (Å²) in [6.45, 7) is 4.30. The summed E-state index contributed by atoms with van der Waals surface area (Å²) in [7, 11) is 0. The maximum Gasteiger partial charge on any atom is 0.253 e. The lowest BCUT2D eigenvalue weighted by Gasteiger charge is -2.38. The SMILES string of the molecule is CC1(C)CC(N)CC(Oc2ncncc2F)C1. The van der Waals surface area contributed by atoms with Crippen molar-refractivity contribution < 1.29 is 9.13 Å². The van der Waals surface area contributed by atoms with Crippen LogP contribution in [-0.2, 0) is 0 Å². The summed E-state index contributed by atoms with van der Waals surface area (Å²) in [4.78, 5) is 7.39. The molecule has 0 amide bonds. The molecule has 0 saturated heterocycles. The summed E-state index contributed by atoms with van der Waals surface area (Å²) >= 11 is 0. The lowest BCUT2D eigenvalue weighted by Crippen LogP contribution is -2.42. The summed E-state index contributed by atoms with van der Waals surface area (Å²) < 4.78 is 18.9. The summed E-state index contributed by atoms with van der Waals surface area (Å²) in [6, 6.07) is 0.105. The Morgan fingerprint density at radius 1 is 1.47 bits per heavy atom. The second-order valence-electron chi connectivity index (χ2n) is 5.48. The van der Waals surface area contributed by atoms with Crippen molar-refractivity contribution in [3.8, 4) is 5.88 Å². The maximum absolute atomic E-state index is 13.4. The Morgan fingerprint density at radius 2 is 2.24 bits per heavy atom. The van der Waals surface area contributed by atoms with Gasteiger partial charge in [-0.3, -0.25) is 0 Å². The van der Waals surface area contributed by atoms with Crippen molar-refractivity contribution in [2.75, 3.05) is 0 Å². The number of hydrogen-bond donors (Lipinski definition) is 1. The molecule has 0 aromatic carbocycles. The van der Waals surface area contributed by atoms with Crippen LogP contribution < -0.4 is 10.5 Å². The van der Waals surface area contributed by atoms with Gasteiger partial charge in [0, 0.05) is 6.04 Å². The molecule has 0 radical (unpaired) electrons. The van der Waals surface area contributed by atoms with Gasteiger partial charge in [-0.25, -0.2) is 4.98 Å². The fourth-order valence-electron chi connectivity index (χ4n) is 2.55. The standard InChI is InChI=1S/C12H18FN3O/c1-12(2)4-8(14)3-9(5-12)17-11-10(13)6-15-7-16-11/h6-9H,3-5,14H2,1-2H3. The number of aromatic nitrogens is 2. The Hall–Kier alpha value is -1.23. The molecule has 1 aliphatic carbocycles. The number of hydrogen-bond acceptors (Lipinski definition) is 4. The largest absolute Gasteiger partial charge is 0.472 e. The van der Waals surface area contributed by atoms with Crippen LogP contribution in [0.4, 0.5) is 4.39 Å². The van der Waals surface area contributed by atoms with Crippen LogP contribution in [0.5, 0.6) is 5.88 Å². The number of ether oxygens (including phenoxy) is 1. The van der Waals surface area contributed by atoms with Crippen molar-refractivity contribution in [1.82, 2.24) is 9.97 Å². The van der Waals surface area contributed by atoms with Gasteiger partial charge >= 0.3 is 0 Å². The van der Waals surface area contributed by atoms with E-state index in [2.05, 4.69) is 23.8 Å². The average molecular weight is 239 g/mol. The van der Waals surface area contributed by atoms with Crippen LogP contribution in [-0.4, -0.2) is 22.1 Å². The summed E-state index contributed by atoms with van der Waals surface area (Å²) in [5.41, 5.74) is 6.12. The third kappa shape index (κ3) is 3.12. The van der Waals surface area contributed by atoms with E-state index >= 15 is 0 Å². The number of nitrogens with two attached hydrogens (primary N) is 1. The molecule has 5 heteroatoms. The fourth-order valence-corrected chi connectivity index (χ4v) is 2.55. The van der Waals surface area contributed by atoms with Gasteiger partial charge in [0.15, 0.2) is 0 Å². The fraction of sp³-hybridized carbons (Fsp3) is 0.667. The van der Waals surface area contributed by atoms with Crippen molar-refractivity contribution in [2.24, 2.45) is 11.1 Å². The predicted molar refractivity (Wildman–Crippen MR) is 62.0 cm³/mol. The smallest absolute Gasteiger partial charge is 0.253 e. The highest BCUT2D eigenvalue weighted by atomic mass is 19.1. The van der Waals surface area contributed by atoms with Gasteiger partial charge in [-0.1, -0.05) is 13.8 Å². The minimum absolute atomic E-state index is 0.0231. The quantitative estimate of drug-likeness (QED) is 0.856. The van der Waals surface area contributed by atoms with E-state index in [-0.39, 0.29) is 23.4 Å². The van der Waals surface area contributed by atoms with Gasteiger partial charge in [0.05, 0.1) is 6.20 Å². The highest BCUT2D eigenvalue weighted by Gasteiger charge is 2.34. The van der Waals surface area contributed by atoms with Crippen molar-refractivity contribution in [1.29, 1.82) is 0 Å². The minimum Gasteiger partial charge on any atom is -0.472 e. The molecule has 1 aromatic heterocycles. The lowest BCUT2D eigenvalue weighted by atomic mass is 9.74. The molecule has 2 atom stereocenters. The minimum atomic E-state index is -0.524. The maximum atomic E-state index is 13.4. The molecule has 1 fully saturated rings. The Bertz CT molecular complexity index is 397. The molecule has 2 rings (SSSR count). The van der Waals surface area contributed by atoms with Crippen LogP contribution >= 0.6 is 0 Å². The Morgan fingerprint density at radius 3 is 2.88 bits per heavy atom. The molecule has 0 aliphatic heterocycles. The number of halogens is 1. The van der Waals surface area contributed by atoms with E-state index in [1.54, 1.807) is 0 Å². The molecule has 4 nitrogen and oxygen atoms in total. The molecule has 1 heterocycles. The molecule has 2 N–H and O–H groups in total. The van der Waals surface area contributed by atoms with Gasteiger partial charge < -0.3 is 10.5 Å². The molecular formula is C12H18FN3O. The van der Waals surface area contributed by atoms with Crippen molar-refractivity contribution in [3.63, 3.8) is 0 Å². The zero-order valence-corrected chi connectivity index (χ0v) is 10.2. The molecule has 0 bridgehead atoms. The molecular weight excluding hydrogens is 221 g/mol. The lowest BCUT2D eigenvalue weighted by molar-refractivity contribution is 0.0666. The summed E-state index contributed by atoms with van der Waals surface area (Å²) in [5, 5.41) is 0. The van der Waals surface area contributed by atoms with Crippen LogP contribution in [0.2, 0.25) is 0 Å². The van der Waals surface area contributed by atoms with Crippen LogP contribution in [0.25, 0.3) is 0 Å². The Balaban J connectivity index is 2.06. The third-order valence-electron chi connectivity index (χ3n) is 3.07. The molecule has 0 spiro atoms. The van der Waals surface area contributed by atoms with Gasteiger partial charge in [0.25, 0.3) is 5.88 Å². The van der Waals surface area contributed by atoms with Gasteiger partial charge in [-0.15, -0.1) is 0 Å². The Kier molecular flexibility index (Phi) is 3.28. The summed E-state index contributed by atoms with van der Waals surface area (Å²) in [6.07, 6.45) is 4.90. The zero-order valence-electron chi connectivity index (χ0n) is 10.2. The monoisotopic (exact) mass is 239 g/mol. The van der Waals surface area contributed by atoms with Crippen LogP contribution in [0.3, 0.4) is 0 Å². The van der Waals surface area contributed by atoms with E-state index in [9.17, 15) is 4.39 Å². The first-order valence-electron chi connectivity index (χ1n) is 5.84. The zero-order chi connectivity index (χ0) is 12.5. The highest BCUT2D eigenvalue weighted by molar-refractivity contribution is 5.09. The van der Waals surface area contributed by atoms with Crippen LogP contribution in [0.15, 0.2) is 12.5 Å². The van der Waals surface area contributed by atoms with E-state index in [0.29, 0.717) is 0 Å². The van der Waals surface area contributed by atoms with Crippen molar-refractivity contribution in [3.05, 3.63) is 18.3 Å². The molecule has 1 aliphatic rings. The van der Waals surface area contributed by atoms with Crippen LogP contribution in [0, 0.1) is 11.2 Å². The van der Waals surface area contributed by atoms with Crippen LogP contribution in [0.1, 0.15) is 33.1 Å². The van der Waals surface area contributed by atoms with E-state index in [1.807, 2.05) is 0 Å². The molecule has 1 saturated carbocycles. The van der Waals surface area contributed by atoms with Gasteiger partial charge in [-0.05, 0) is 24.7 Å². The van der Waals surface area contributed by atoms with Gasteiger partial charge in [-0.2, -0.15) is 9.37 Å². The number of nitrogens with zero attached hydrogens (tertiary/aromatic N) is 2. The Labute approximate surface area is 100 Å². The topological polar surface area (TPSA) is 61.0 Å². The second kappa shape index (κ2) is 4.56. The molecule has 94 valence electrons. The molecule has 2 unspecified atom stereocenters. The highest BCUT2D eigenvalue weighted by Crippen LogP contribution is 2.36. The molecule has 17 heavy (non-hydrogen) atoms. The van der Waals surface area contributed by atoms with E-state index in [1.165, 1.54) is 6.33 Å². The second-order valence-corrected chi connectivity index (χ2v) is 5.48. The summed E-state index contributed by atoms with van der Waals surface area (Å²) in [5.74, 6) is -0.501. The normalized spacial score (nSPS) is 27.8. The van der Waals surface area contributed by atoms with E-state index < -0.39 is 5.82 Å². The van der Waals surface area contributed by atoms with E-state index in [0.717, 1.165) is 25.5 Å². The average Bonchev–Trinajstić information content (AvgIpc) is 2.18. The molecule has 1 aromatic rings. The first-order valence-corrected chi connectivity index (χ1v) is 5.84. The first kappa shape index (κ1) is 12.2. The first-order chi connectivity index (χ1) is 7.96. The van der Waals surface area contributed by atoms with Crippen molar-refractivity contribution in [2.45, 2.75) is 45.3 Å². The van der Waals surface area contributed by atoms with Gasteiger partial charge in [0.1, 0.15) is 12.4 Å². The number of rotatable bonds is 2. The third-order valence-corrected chi connectivity index (χ3v) is 3.07. The van der Waals surface area contributed by atoms with E-state index in [4.69, 9.17) is 10.5 Å². The van der Waals surface area contributed by atoms with Gasteiger partial charge in [0.2, 0.25) is 5.82 Å². The predicted octanol–water partition coefficient (Wildman–Crippen LogP) is 1.90.